The quantitative estimate of drug-likeness (QED) is 0.761. The van der Waals surface area contributed by atoms with E-state index >= 15 is 0 Å². The Morgan fingerprint density at radius 1 is 1.39 bits per heavy atom. The van der Waals surface area contributed by atoms with Crippen LogP contribution in [-0.4, -0.2) is 40.1 Å². The molecule has 1 aromatic rings. The van der Waals surface area contributed by atoms with Gasteiger partial charge in [0.05, 0.1) is 12.3 Å². The van der Waals surface area contributed by atoms with E-state index in [1.807, 2.05) is 0 Å². The number of carbonyl (C=O) groups excluding carboxylic acids is 2. The van der Waals surface area contributed by atoms with Gasteiger partial charge in [-0.15, -0.1) is 0 Å². The van der Waals surface area contributed by atoms with E-state index in [1.54, 1.807) is 34.6 Å². The number of halogens is 2. The second kappa shape index (κ2) is 7.94. The molecule has 8 nitrogen and oxygen atoms in total. The minimum absolute atomic E-state index is 0.0473. The van der Waals surface area contributed by atoms with Crippen molar-refractivity contribution in [3.05, 3.63) is 29.2 Å². The Morgan fingerprint density at radius 2 is 2.04 bits per heavy atom. The highest BCUT2D eigenvalue weighted by Gasteiger charge is 2.52. The maximum atomic E-state index is 14.3. The average molecular weight is 400 g/mol. The van der Waals surface area contributed by atoms with Crippen LogP contribution in [0.1, 0.15) is 40.8 Å². The normalized spacial score (nSPS) is 21.6. The topological polar surface area (TPSA) is 99.5 Å². The van der Waals surface area contributed by atoms with Crippen molar-refractivity contribution in [2.45, 2.75) is 52.9 Å². The van der Waals surface area contributed by atoms with Crippen molar-refractivity contribution in [2.24, 2.45) is 11.3 Å². The third kappa shape index (κ3) is 5.12. The third-order valence-electron chi connectivity index (χ3n) is 3.91. The van der Waals surface area contributed by atoms with Crippen LogP contribution in [0.3, 0.4) is 0 Å². The second-order valence-electron chi connectivity index (χ2n) is 7.86. The van der Waals surface area contributed by atoms with Gasteiger partial charge in [0.15, 0.2) is 0 Å². The molecule has 0 aliphatic carbocycles. The van der Waals surface area contributed by atoms with Crippen molar-refractivity contribution in [1.29, 1.82) is 0 Å². The number of hydrogen-bond acceptors (Lipinski definition) is 6. The van der Waals surface area contributed by atoms with E-state index in [0.717, 1.165) is 6.20 Å². The zero-order valence-electron chi connectivity index (χ0n) is 16.4. The van der Waals surface area contributed by atoms with Gasteiger partial charge in [0, 0.05) is 11.6 Å². The van der Waals surface area contributed by atoms with Crippen molar-refractivity contribution in [3.8, 4) is 0 Å². The fourth-order valence-corrected chi connectivity index (χ4v) is 2.26. The summed E-state index contributed by atoms with van der Waals surface area (Å²) in [5.74, 6) is -4.84. The molecule has 1 aromatic heterocycles. The summed E-state index contributed by atoms with van der Waals surface area (Å²) >= 11 is 0. The number of ether oxygens (including phenoxy) is 2. The Morgan fingerprint density at radius 3 is 2.57 bits per heavy atom. The molecule has 0 spiro atoms. The van der Waals surface area contributed by atoms with Gasteiger partial charge in [-0.2, -0.15) is 4.98 Å². The number of amides is 1. The molecule has 0 unspecified atom stereocenters. The molecule has 28 heavy (non-hydrogen) atoms. The van der Waals surface area contributed by atoms with Crippen LogP contribution in [0.15, 0.2) is 17.1 Å². The standard InChI is InChI=1S/C18H24F2N3O5/c1-10(2)13(24)27-9-11-8-18(19,20)15(28-11)23-7-6-12(22-16(23)26)21-14(25)17(3,4)5/h6-8,10-11,15H,9H2,1-5H3,(H,21,22,25,26)/t11-,15-/m1/s1. The summed E-state index contributed by atoms with van der Waals surface area (Å²) in [7, 11) is 0. The van der Waals surface area contributed by atoms with E-state index in [2.05, 4.69) is 10.3 Å². The van der Waals surface area contributed by atoms with Gasteiger partial charge in [-0.25, -0.2) is 13.6 Å². The zero-order chi connectivity index (χ0) is 21.3. The number of carbonyl (C=O) groups is 2. The number of nitrogens with one attached hydrogen (secondary N) is 1. The van der Waals surface area contributed by atoms with Gasteiger partial charge in [-0.1, -0.05) is 34.6 Å². The smallest absolute Gasteiger partial charge is 0.351 e. The molecular weight excluding hydrogens is 376 g/mol. The largest absolute Gasteiger partial charge is 0.463 e. The van der Waals surface area contributed by atoms with Gasteiger partial charge in [-0.3, -0.25) is 14.2 Å². The molecule has 1 radical (unpaired) electrons. The lowest BCUT2D eigenvalue weighted by Crippen LogP contribution is -2.36. The van der Waals surface area contributed by atoms with E-state index in [9.17, 15) is 23.2 Å². The molecule has 1 N–H and O–H groups in total. The number of aromatic nitrogens is 2. The first-order valence-corrected chi connectivity index (χ1v) is 8.78. The predicted molar refractivity (Wildman–Crippen MR) is 95.5 cm³/mol. The highest BCUT2D eigenvalue weighted by molar-refractivity contribution is 5.93. The fraction of sp³-hybridized carbons (Fsp3) is 0.611. The van der Waals surface area contributed by atoms with Crippen LogP contribution < -0.4 is 11.0 Å². The summed E-state index contributed by atoms with van der Waals surface area (Å²) in [5.41, 5.74) is -1.72. The van der Waals surface area contributed by atoms with E-state index in [4.69, 9.17) is 9.47 Å². The van der Waals surface area contributed by atoms with Crippen LogP contribution in [0.2, 0.25) is 0 Å². The summed E-state index contributed by atoms with van der Waals surface area (Å²) in [6.45, 7) is 7.88. The molecule has 1 amide bonds. The summed E-state index contributed by atoms with van der Waals surface area (Å²) in [5, 5.41) is 2.46. The van der Waals surface area contributed by atoms with E-state index in [0.29, 0.717) is 11.0 Å². The number of nitrogens with zero attached hydrogens (tertiary/aromatic N) is 2. The molecule has 0 aromatic carbocycles. The molecule has 0 saturated carbocycles. The predicted octanol–water partition coefficient (Wildman–Crippen LogP) is 2.16. The minimum atomic E-state index is -3.48. The van der Waals surface area contributed by atoms with Gasteiger partial charge in [0.25, 0.3) is 5.92 Å². The van der Waals surface area contributed by atoms with Crippen molar-refractivity contribution in [3.63, 3.8) is 0 Å². The second-order valence-corrected chi connectivity index (χ2v) is 7.86. The van der Waals surface area contributed by atoms with Gasteiger partial charge in [0.1, 0.15) is 18.5 Å². The number of hydrogen-bond donors (Lipinski definition) is 1. The summed E-state index contributed by atoms with van der Waals surface area (Å²) in [4.78, 5) is 39.3. The van der Waals surface area contributed by atoms with Crippen LogP contribution in [-0.2, 0) is 19.1 Å². The van der Waals surface area contributed by atoms with Crippen LogP contribution in [0, 0.1) is 17.8 Å². The van der Waals surface area contributed by atoms with E-state index in [-0.39, 0.29) is 18.3 Å². The molecule has 0 bridgehead atoms. The summed E-state index contributed by atoms with van der Waals surface area (Å²) in [6.07, 6.45) is -1.44. The Hall–Kier alpha value is -2.36. The van der Waals surface area contributed by atoms with Crippen LogP contribution >= 0.6 is 0 Å². The first-order valence-electron chi connectivity index (χ1n) is 8.78. The number of alkyl halides is 2. The fourth-order valence-electron chi connectivity index (χ4n) is 2.26. The van der Waals surface area contributed by atoms with Crippen LogP contribution in [0.25, 0.3) is 0 Å². The number of rotatable bonds is 5. The van der Waals surface area contributed by atoms with Crippen molar-refractivity contribution < 1.29 is 27.8 Å². The lowest BCUT2D eigenvalue weighted by Gasteiger charge is -2.20. The molecule has 2 rings (SSSR count). The Labute approximate surface area is 161 Å². The van der Waals surface area contributed by atoms with Crippen molar-refractivity contribution in [2.75, 3.05) is 11.9 Å². The lowest BCUT2D eigenvalue weighted by atomic mass is 9.96. The maximum absolute atomic E-state index is 14.3. The van der Waals surface area contributed by atoms with E-state index in [1.165, 1.54) is 6.07 Å². The Kier molecular flexibility index (Phi) is 6.22. The SMILES string of the molecule is CC(C)C(=O)OC[C@H]1[CH]C(F)(F)[C@H](n2ccc(NC(=O)C(C)(C)C)nc2=O)O1. The maximum Gasteiger partial charge on any atom is 0.351 e. The molecule has 1 saturated heterocycles. The molecule has 10 heteroatoms. The molecular formula is C18H24F2N3O5. The van der Waals surface area contributed by atoms with Crippen LogP contribution in [0.5, 0.6) is 0 Å². The summed E-state index contributed by atoms with van der Waals surface area (Å²) in [6, 6.07) is 1.23. The van der Waals surface area contributed by atoms with Crippen molar-refractivity contribution >= 4 is 17.7 Å². The third-order valence-corrected chi connectivity index (χ3v) is 3.91. The van der Waals surface area contributed by atoms with E-state index < -0.39 is 41.2 Å². The number of anilines is 1. The van der Waals surface area contributed by atoms with Gasteiger partial charge in [0.2, 0.25) is 12.1 Å². The summed E-state index contributed by atoms with van der Waals surface area (Å²) < 4.78 is 39.3. The zero-order valence-corrected chi connectivity index (χ0v) is 16.4. The first-order chi connectivity index (χ1) is 12.8. The number of esters is 1. The van der Waals surface area contributed by atoms with Crippen molar-refractivity contribution in [1.82, 2.24) is 9.55 Å². The molecule has 1 aliphatic rings. The molecule has 2 atom stereocenters. The van der Waals surface area contributed by atoms with Gasteiger partial charge < -0.3 is 14.8 Å². The van der Waals surface area contributed by atoms with Gasteiger partial charge >= 0.3 is 11.7 Å². The highest BCUT2D eigenvalue weighted by Crippen LogP contribution is 2.41. The molecule has 1 aliphatic heterocycles. The molecule has 2 heterocycles. The van der Waals surface area contributed by atoms with Gasteiger partial charge in [-0.05, 0) is 6.07 Å². The monoisotopic (exact) mass is 400 g/mol. The average Bonchev–Trinajstić information content (AvgIpc) is 2.86. The molecule has 155 valence electrons. The van der Waals surface area contributed by atoms with Crippen LogP contribution in [0.4, 0.5) is 14.6 Å². The Balaban J connectivity index is 2.12. The molecule has 1 fully saturated rings. The minimum Gasteiger partial charge on any atom is -0.463 e. The highest BCUT2D eigenvalue weighted by atomic mass is 19.3. The lowest BCUT2D eigenvalue weighted by molar-refractivity contribution is -0.154. The first kappa shape index (κ1) is 21.9. The Bertz CT molecular complexity index is 801.